The molecule has 0 radical (unpaired) electrons. The van der Waals surface area contributed by atoms with Crippen LogP contribution in [0.5, 0.6) is 0 Å². The third-order valence-corrected chi connectivity index (χ3v) is 5.46. The molecule has 1 fully saturated rings. The van der Waals surface area contributed by atoms with Gasteiger partial charge in [-0.1, -0.05) is 42.5 Å². The third kappa shape index (κ3) is 7.10. The zero-order valence-electron chi connectivity index (χ0n) is 18.6. The summed E-state index contributed by atoms with van der Waals surface area (Å²) in [6.07, 6.45) is 1.92. The summed E-state index contributed by atoms with van der Waals surface area (Å²) in [4.78, 5) is 19.0. The zero-order valence-corrected chi connectivity index (χ0v) is 18.6. The molecule has 1 aliphatic heterocycles. The first-order chi connectivity index (χ1) is 15.2. The van der Waals surface area contributed by atoms with Crippen molar-refractivity contribution in [3.05, 3.63) is 71.3 Å². The Balaban J connectivity index is 1.48. The number of hydrogen-bond donors (Lipinski definition) is 2. The number of benzene rings is 2. The molecule has 1 aliphatic rings. The van der Waals surface area contributed by atoms with Gasteiger partial charge in [-0.25, -0.2) is 0 Å². The van der Waals surface area contributed by atoms with E-state index in [9.17, 15) is 4.79 Å². The summed E-state index contributed by atoms with van der Waals surface area (Å²) in [5, 5.41) is 6.09. The number of hydrogen-bond acceptors (Lipinski definition) is 3. The van der Waals surface area contributed by atoms with Crippen molar-refractivity contribution < 1.29 is 9.53 Å². The normalized spacial score (nSPS) is 16.4. The number of nitrogens with zero attached hydrogens (tertiary/aromatic N) is 2. The minimum absolute atomic E-state index is 0.0590. The molecule has 2 N–H and O–H groups in total. The second-order valence-corrected chi connectivity index (χ2v) is 7.87. The van der Waals surface area contributed by atoms with Gasteiger partial charge in [0.05, 0.1) is 13.2 Å². The molecule has 2 aromatic rings. The molecular weight excluding hydrogens is 388 g/mol. The van der Waals surface area contributed by atoms with Crippen molar-refractivity contribution in [2.24, 2.45) is 10.9 Å². The second-order valence-electron chi connectivity index (χ2n) is 7.87. The number of amides is 1. The van der Waals surface area contributed by atoms with E-state index in [1.54, 1.807) is 7.05 Å². The summed E-state index contributed by atoms with van der Waals surface area (Å²) in [6, 6.07) is 18.1. The number of carbonyl (C=O) groups is 1. The number of nitrogens with one attached hydrogen (secondary N) is 2. The molecule has 166 valence electrons. The van der Waals surface area contributed by atoms with Crippen LogP contribution in [-0.4, -0.2) is 56.6 Å². The van der Waals surface area contributed by atoms with Crippen molar-refractivity contribution in [1.29, 1.82) is 0 Å². The Bertz CT molecular complexity index is 854. The van der Waals surface area contributed by atoms with E-state index in [0.717, 1.165) is 50.6 Å². The van der Waals surface area contributed by atoms with Crippen LogP contribution >= 0.6 is 0 Å². The predicted octanol–water partition coefficient (Wildman–Crippen LogP) is 3.09. The number of ether oxygens (including phenoxy) is 1. The van der Waals surface area contributed by atoms with Gasteiger partial charge in [0.25, 0.3) is 5.91 Å². The van der Waals surface area contributed by atoms with Gasteiger partial charge in [0.1, 0.15) is 0 Å². The fraction of sp³-hybridized carbons (Fsp3) is 0.440. The lowest BCUT2D eigenvalue weighted by molar-refractivity contribution is 0.0906. The fourth-order valence-corrected chi connectivity index (χ4v) is 3.81. The first-order valence-corrected chi connectivity index (χ1v) is 11.2. The molecule has 3 rings (SSSR count). The van der Waals surface area contributed by atoms with Gasteiger partial charge in [0.15, 0.2) is 5.96 Å². The number of carbonyl (C=O) groups excluding carboxylic acids is 1. The maximum Gasteiger partial charge on any atom is 0.251 e. The molecule has 6 heteroatoms. The van der Waals surface area contributed by atoms with E-state index in [2.05, 4.69) is 34.6 Å². The van der Waals surface area contributed by atoms with Crippen LogP contribution in [0.2, 0.25) is 0 Å². The molecule has 0 spiro atoms. The van der Waals surface area contributed by atoms with Gasteiger partial charge in [-0.2, -0.15) is 0 Å². The predicted molar refractivity (Wildman–Crippen MR) is 125 cm³/mol. The van der Waals surface area contributed by atoms with Crippen molar-refractivity contribution in [3.63, 3.8) is 0 Å². The molecular formula is C25H34N4O2. The fourth-order valence-electron chi connectivity index (χ4n) is 3.81. The molecule has 0 aromatic heterocycles. The highest BCUT2D eigenvalue weighted by molar-refractivity contribution is 5.94. The van der Waals surface area contributed by atoms with Crippen LogP contribution in [0.15, 0.2) is 59.6 Å². The molecule has 0 aliphatic carbocycles. The van der Waals surface area contributed by atoms with Gasteiger partial charge >= 0.3 is 0 Å². The molecule has 1 saturated heterocycles. The summed E-state index contributed by atoms with van der Waals surface area (Å²) in [7, 11) is 1.65. The number of aliphatic imine (C=N–C) groups is 1. The van der Waals surface area contributed by atoms with Gasteiger partial charge in [-0.05, 0) is 43.0 Å². The van der Waals surface area contributed by atoms with Crippen molar-refractivity contribution in [2.75, 3.05) is 39.8 Å². The van der Waals surface area contributed by atoms with Crippen LogP contribution in [0.3, 0.4) is 0 Å². The largest absolute Gasteiger partial charge is 0.376 e. The lowest BCUT2D eigenvalue weighted by Gasteiger charge is -2.21. The molecule has 1 atom stereocenters. The highest BCUT2D eigenvalue weighted by Gasteiger charge is 2.25. The Labute approximate surface area is 185 Å². The van der Waals surface area contributed by atoms with E-state index in [-0.39, 0.29) is 5.91 Å². The zero-order chi connectivity index (χ0) is 21.9. The van der Waals surface area contributed by atoms with E-state index in [0.29, 0.717) is 24.6 Å². The standard InChI is InChI=1S/C25H34N4O2/c1-3-27-25(28-14-12-20-10-7-11-23(16-20)24(30)26-2)29-15-13-22(17-29)19-31-18-21-8-5-4-6-9-21/h4-11,16,22H,3,12-15,17-19H2,1-2H3,(H,26,30)(H,27,28). The summed E-state index contributed by atoms with van der Waals surface area (Å²) >= 11 is 0. The van der Waals surface area contributed by atoms with Crippen LogP contribution < -0.4 is 10.6 Å². The van der Waals surface area contributed by atoms with Crippen LogP contribution in [0.1, 0.15) is 34.8 Å². The van der Waals surface area contributed by atoms with Gasteiger partial charge in [0, 0.05) is 44.7 Å². The van der Waals surface area contributed by atoms with E-state index in [4.69, 9.17) is 9.73 Å². The lowest BCUT2D eigenvalue weighted by Crippen LogP contribution is -2.40. The lowest BCUT2D eigenvalue weighted by atomic mass is 10.1. The number of rotatable bonds is 9. The monoisotopic (exact) mass is 422 g/mol. The summed E-state index contributed by atoms with van der Waals surface area (Å²) in [5.74, 6) is 1.43. The third-order valence-electron chi connectivity index (χ3n) is 5.46. The van der Waals surface area contributed by atoms with Gasteiger partial charge in [0.2, 0.25) is 0 Å². The highest BCUT2D eigenvalue weighted by atomic mass is 16.5. The Kier molecular flexibility index (Phi) is 8.91. The highest BCUT2D eigenvalue weighted by Crippen LogP contribution is 2.17. The quantitative estimate of drug-likeness (QED) is 0.481. The Morgan fingerprint density at radius 3 is 2.74 bits per heavy atom. The topological polar surface area (TPSA) is 66.0 Å². The van der Waals surface area contributed by atoms with Crippen molar-refractivity contribution >= 4 is 11.9 Å². The summed E-state index contributed by atoms with van der Waals surface area (Å²) in [5.41, 5.74) is 3.02. The van der Waals surface area contributed by atoms with Crippen molar-refractivity contribution in [1.82, 2.24) is 15.5 Å². The summed E-state index contributed by atoms with van der Waals surface area (Å²) < 4.78 is 5.95. The molecule has 1 amide bonds. The first kappa shape index (κ1) is 22.8. The molecule has 0 saturated carbocycles. The molecule has 1 unspecified atom stereocenters. The van der Waals surface area contributed by atoms with E-state index in [1.165, 1.54) is 5.56 Å². The number of likely N-dealkylation sites (tertiary alicyclic amines) is 1. The van der Waals surface area contributed by atoms with Crippen molar-refractivity contribution in [2.45, 2.75) is 26.4 Å². The van der Waals surface area contributed by atoms with Gasteiger partial charge in [-0.15, -0.1) is 0 Å². The average molecular weight is 423 g/mol. The molecule has 2 aromatic carbocycles. The number of guanidine groups is 1. The average Bonchev–Trinajstić information content (AvgIpc) is 3.27. The van der Waals surface area contributed by atoms with Crippen LogP contribution in [-0.2, 0) is 17.8 Å². The maximum absolute atomic E-state index is 11.8. The first-order valence-electron chi connectivity index (χ1n) is 11.2. The van der Waals surface area contributed by atoms with Gasteiger partial charge < -0.3 is 20.3 Å². The van der Waals surface area contributed by atoms with E-state index >= 15 is 0 Å². The van der Waals surface area contributed by atoms with E-state index in [1.807, 2.05) is 42.5 Å². The molecule has 0 bridgehead atoms. The van der Waals surface area contributed by atoms with Gasteiger partial charge in [-0.3, -0.25) is 9.79 Å². The smallest absolute Gasteiger partial charge is 0.251 e. The minimum atomic E-state index is -0.0590. The minimum Gasteiger partial charge on any atom is -0.376 e. The van der Waals surface area contributed by atoms with Crippen molar-refractivity contribution in [3.8, 4) is 0 Å². The SMILES string of the molecule is CCNC(=NCCc1cccc(C(=O)NC)c1)N1CCC(COCc2ccccc2)C1. The molecule has 31 heavy (non-hydrogen) atoms. The van der Waals surface area contributed by atoms with Crippen LogP contribution in [0.25, 0.3) is 0 Å². The second kappa shape index (κ2) is 12.1. The van der Waals surface area contributed by atoms with E-state index < -0.39 is 0 Å². The van der Waals surface area contributed by atoms with Crippen LogP contribution in [0, 0.1) is 5.92 Å². The molecule has 1 heterocycles. The maximum atomic E-state index is 11.8. The molecule has 6 nitrogen and oxygen atoms in total. The Hall–Kier alpha value is -2.86. The Morgan fingerprint density at radius 2 is 1.97 bits per heavy atom. The van der Waals surface area contributed by atoms with Crippen LogP contribution in [0.4, 0.5) is 0 Å². The Morgan fingerprint density at radius 1 is 1.16 bits per heavy atom. The summed E-state index contributed by atoms with van der Waals surface area (Å²) in [6.45, 7) is 7.03.